The standard InChI is InChI=1S/C18H16F5N5OS.C2HF3O2/c19-16(20)12(7-24)9-28-17(29)27(10-26-28)6-5-13-2-3-14(30-13)11-1-4-15(25-8-11)18(21,22)23;3-2(4,5)1(6)7/h1-4,8,10H,5-7,9,24H2;(H,6,7). The summed E-state index contributed by atoms with van der Waals surface area (Å²) in [7, 11) is 0. The number of hydrogen-bond donors (Lipinski definition) is 2. The van der Waals surface area contributed by atoms with E-state index in [0.29, 0.717) is 12.0 Å². The highest BCUT2D eigenvalue weighted by atomic mass is 32.1. The fourth-order valence-electron chi connectivity index (χ4n) is 2.62. The van der Waals surface area contributed by atoms with Crippen LogP contribution >= 0.6 is 11.3 Å². The Kier molecular flexibility index (Phi) is 9.68. The monoisotopic (exact) mass is 559 g/mol. The van der Waals surface area contributed by atoms with E-state index in [1.54, 1.807) is 12.1 Å². The zero-order valence-electron chi connectivity index (χ0n) is 18.4. The Labute approximate surface area is 206 Å². The number of carboxylic acid groups (broad SMARTS) is 1. The van der Waals surface area contributed by atoms with Gasteiger partial charge < -0.3 is 10.8 Å². The van der Waals surface area contributed by atoms with E-state index in [4.69, 9.17) is 15.6 Å². The van der Waals surface area contributed by atoms with Crippen LogP contribution in [0.2, 0.25) is 0 Å². The van der Waals surface area contributed by atoms with Crippen molar-refractivity contribution < 1.29 is 45.0 Å². The van der Waals surface area contributed by atoms with Crippen molar-refractivity contribution in [2.75, 3.05) is 6.54 Å². The Bertz CT molecular complexity index is 1290. The summed E-state index contributed by atoms with van der Waals surface area (Å²) in [4.78, 5) is 26.2. The van der Waals surface area contributed by atoms with Gasteiger partial charge in [-0.2, -0.15) is 40.2 Å². The Morgan fingerprint density at radius 1 is 1.08 bits per heavy atom. The third-order valence-corrected chi connectivity index (χ3v) is 5.69. The Morgan fingerprint density at radius 3 is 2.22 bits per heavy atom. The van der Waals surface area contributed by atoms with Crippen LogP contribution < -0.4 is 11.4 Å². The molecular formula is C20H17F8N5O3S. The molecule has 0 amide bonds. The molecule has 0 fully saturated rings. The number of rotatable bonds is 7. The van der Waals surface area contributed by atoms with Crippen molar-refractivity contribution in [3.63, 3.8) is 0 Å². The van der Waals surface area contributed by atoms with Crippen LogP contribution in [-0.2, 0) is 30.5 Å². The Hall–Kier alpha value is -3.60. The Morgan fingerprint density at radius 2 is 1.73 bits per heavy atom. The minimum atomic E-state index is -5.08. The smallest absolute Gasteiger partial charge is 0.475 e. The summed E-state index contributed by atoms with van der Waals surface area (Å²) in [5.74, 6) is -2.76. The number of nitrogens with two attached hydrogens (primary N) is 1. The third-order valence-electron chi connectivity index (χ3n) is 4.49. The van der Waals surface area contributed by atoms with Gasteiger partial charge in [-0.3, -0.25) is 9.55 Å². The molecule has 17 heteroatoms. The average Bonchev–Trinajstić information content (AvgIpc) is 3.42. The summed E-state index contributed by atoms with van der Waals surface area (Å²) >= 11 is 1.36. The molecule has 8 nitrogen and oxygen atoms in total. The summed E-state index contributed by atoms with van der Waals surface area (Å²) < 4.78 is 97.2. The van der Waals surface area contributed by atoms with E-state index in [-0.39, 0.29) is 25.2 Å². The minimum Gasteiger partial charge on any atom is -0.475 e. The second-order valence-electron chi connectivity index (χ2n) is 7.08. The molecule has 3 rings (SSSR count). The molecule has 0 aliphatic rings. The van der Waals surface area contributed by atoms with Gasteiger partial charge in [0.2, 0.25) is 0 Å². The van der Waals surface area contributed by atoms with Gasteiger partial charge in [0, 0.05) is 40.2 Å². The van der Waals surface area contributed by atoms with Crippen molar-refractivity contribution in [3.05, 3.63) is 69.5 Å². The largest absolute Gasteiger partial charge is 0.490 e. The first-order chi connectivity index (χ1) is 17.1. The zero-order valence-corrected chi connectivity index (χ0v) is 19.2. The fourth-order valence-corrected chi connectivity index (χ4v) is 3.61. The highest BCUT2D eigenvalue weighted by Gasteiger charge is 2.38. The molecule has 0 unspecified atom stereocenters. The number of alkyl halides is 6. The van der Waals surface area contributed by atoms with Crippen molar-refractivity contribution in [2.45, 2.75) is 31.9 Å². The van der Waals surface area contributed by atoms with Crippen molar-refractivity contribution >= 4 is 17.3 Å². The van der Waals surface area contributed by atoms with E-state index in [1.807, 2.05) is 0 Å². The van der Waals surface area contributed by atoms with Crippen molar-refractivity contribution in [2.24, 2.45) is 5.73 Å². The van der Waals surface area contributed by atoms with E-state index < -0.39 is 35.8 Å². The van der Waals surface area contributed by atoms with Crippen LogP contribution in [0.3, 0.4) is 0 Å². The molecule has 0 saturated carbocycles. The van der Waals surface area contributed by atoms with Gasteiger partial charge in [-0.1, -0.05) is 0 Å². The van der Waals surface area contributed by atoms with Gasteiger partial charge >= 0.3 is 24.0 Å². The zero-order chi connectivity index (χ0) is 28.0. The van der Waals surface area contributed by atoms with Crippen LogP contribution in [0.1, 0.15) is 10.6 Å². The number of nitrogens with zero attached hydrogens (tertiary/aromatic N) is 4. The summed E-state index contributed by atoms with van der Waals surface area (Å²) in [5, 5.41) is 11.0. The highest BCUT2D eigenvalue weighted by Crippen LogP contribution is 2.31. The maximum absolute atomic E-state index is 12.7. The van der Waals surface area contributed by atoms with Crippen LogP contribution in [0.5, 0.6) is 0 Å². The summed E-state index contributed by atoms with van der Waals surface area (Å²) in [6.45, 7) is -0.489. The topological polar surface area (TPSA) is 116 Å². The van der Waals surface area contributed by atoms with E-state index in [9.17, 15) is 39.9 Å². The van der Waals surface area contributed by atoms with Gasteiger partial charge in [0.1, 0.15) is 12.0 Å². The lowest BCUT2D eigenvalue weighted by atomic mass is 10.2. The predicted molar refractivity (Wildman–Crippen MR) is 115 cm³/mol. The van der Waals surface area contributed by atoms with Gasteiger partial charge in [0.25, 0.3) is 6.08 Å². The molecule has 3 aromatic rings. The van der Waals surface area contributed by atoms with E-state index in [1.165, 1.54) is 34.5 Å². The molecule has 3 N–H and O–H groups in total. The third kappa shape index (κ3) is 8.49. The highest BCUT2D eigenvalue weighted by molar-refractivity contribution is 7.15. The lowest BCUT2D eigenvalue weighted by Gasteiger charge is -2.05. The molecule has 0 bridgehead atoms. The molecule has 202 valence electrons. The van der Waals surface area contributed by atoms with Crippen LogP contribution in [0, 0.1) is 0 Å². The summed E-state index contributed by atoms with van der Waals surface area (Å²) in [6.07, 6.45) is -8.61. The first kappa shape index (κ1) is 29.6. The SMILES string of the molecule is NCC(Cn1ncn(CCc2ccc(-c3ccc(C(F)(F)F)nc3)s2)c1=O)=C(F)F.O=C(O)C(F)(F)F. The summed E-state index contributed by atoms with van der Waals surface area (Å²) in [6, 6.07) is 5.85. The number of aliphatic carboxylic acids is 1. The van der Waals surface area contributed by atoms with Gasteiger partial charge in [-0.05, 0) is 30.7 Å². The van der Waals surface area contributed by atoms with Gasteiger partial charge in [-0.25, -0.2) is 14.3 Å². The van der Waals surface area contributed by atoms with Crippen LogP contribution in [0.4, 0.5) is 35.1 Å². The van der Waals surface area contributed by atoms with Gasteiger partial charge in [0.05, 0.1) is 6.54 Å². The Balaban J connectivity index is 0.000000604. The maximum Gasteiger partial charge on any atom is 0.490 e. The fraction of sp³-hybridized carbons (Fsp3) is 0.300. The number of aryl methyl sites for hydroxylation is 2. The molecule has 3 aromatic heterocycles. The molecule has 0 spiro atoms. The maximum atomic E-state index is 12.7. The molecular weight excluding hydrogens is 542 g/mol. The molecule has 0 atom stereocenters. The lowest BCUT2D eigenvalue weighted by Crippen LogP contribution is -2.27. The second kappa shape index (κ2) is 12.1. The van der Waals surface area contributed by atoms with Crippen molar-refractivity contribution in [1.29, 1.82) is 0 Å². The quantitative estimate of drug-likeness (QED) is 0.420. The predicted octanol–water partition coefficient (Wildman–Crippen LogP) is 4.17. The first-order valence-electron chi connectivity index (χ1n) is 9.91. The van der Waals surface area contributed by atoms with E-state index in [0.717, 1.165) is 20.5 Å². The normalized spacial score (nSPS) is 11.6. The van der Waals surface area contributed by atoms with Crippen molar-refractivity contribution in [3.8, 4) is 10.4 Å². The minimum absolute atomic E-state index is 0.268. The summed E-state index contributed by atoms with van der Waals surface area (Å²) in [5.41, 5.74) is 3.94. The van der Waals surface area contributed by atoms with Gasteiger partial charge in [-0.15, -0.1) is 11.3 Å². The molecule has 0 aliphatic carbocycles. The molecule has 0 aliphatic heterocycles. The van der Waals surface area contributed by atoms with Crippen LogP contribution in [0.15, 0.2) is 53.2 Å². The number of halogens is 8. The van der Waals surface area contributed by atoms with Gasteiger partial charge in [0.15, 0.2) is 0 Å². The molecule has 0 aromatic carbocycles. The van der Waals surface area contributed by atoms with Crippen molar-refractivity contribution in [1.82, 2.24) is 19.3 Å². The average molecular weight is 559 g/mol. The first-order valence-corrected chi connectivity index (χ1v) is 10.7. The van der Waals surface area contributed by atoms with Crippen LogP contribution in [0.25, 0.3) is 10.4 Å². The number of hydrogen-bond acceptors (Lipinski definition) is 6. The molecule has 0 radical (unpaired) electrons. The lowest BCUT2D eigenvalue weighted by molar-refractivity contribution is -0.192. The number of carbonyl (C=O) groups is 1. The molecule has 0 saturated heterocycles. The number of carboxylic acids is 1. The number of pyridine rings is 1. The number of thiophene rings is 1. The van der Waals surface area contributed by atoms with Crippen LogP contribution in [-0.4, -0.2) is 43.1 Å². The van der Waals surface area contributed by atoms with E-state index >= 15 is 0 Å². The molecule has 3 heterocycles. The number of aromatic nitrogens is 4. The second-order valence-corrected chi connectivity index (χ2v) is 8.25. The molecule has 37 heavy (non-hydrogen) atoms. The van der Waals surface area contributed by atoms with E-state index in [2.05, 4.69) is 10.1 Å².